The van der Waals surface area contributed by atoms with E-state index < -0.39 is 30.2 Å². The van der Waals surface area contributed by atoms with Crippen LogP contribution in [-0.4, -0.2) is 59.5 Å². The monoisotopic (exact) mass is 343 g/mol. The van der Waals surface area contributed by atoms with Crippen molar-refractivity contribution in [2.24, 2.45) is 17.8 Å². The lowest BCUT2D eigenvalue weighted by Gasteiger charge is -2.28. The third-order valence-corrected chi connectivity index (χ3v) is 5.38. The van der Waals surface area contributed by atoms with Crippen molar-refractivity contribution in [3.05, 3.63) is 0 Å². The smallest absolute Gasteiger partial charge is 0.311 e. The molecule has 6 atom stereocenters. The van der Waals surface area contributed by atoms with Gasteiger partial charge in [-0.3, -0.25) is 4.79 Å². The second kappa shape index (κ2) is 10.4. The minimum Gasteiger partial charge on any atom is -0.459 e. The molecule has 0 amide bonds. The van der Waals surface area contributed by atoms with Crippen molar-refractivity contribution in [2.45, 2.75) is 78.1 Å². The Morgan fingerprint density at radius 2 is 1.83 bits per heavy atom. The summed E-state index contributed by atoms with van der Waals surface area (Å²) >= 11 is 0. The van der Waals surface area contributed by atoms with Crippen LogP contribution in [-0.2, 0) is 9.53 Å². The zero-order valence-corrected chi connectivity index (χ0v) is 16.1. The number of carbonyl (C=O) groups is 1. The Morgan fingerprint density at radius 3 is 2.46 bits per heavy atom. The highest BCUT2D eigenvalue weighted by molar-refractivity contribution is 5.73. The lowest BCUT2D eigenvalue weighted by atomic mass is 9.85. The molecule has 0 bridgehead atoms. The Kier molecular flexibility index (Phi) is 9.24. The summed E-state index contributed by atoms with van der Waals surface area (Å²) in [5, 5.41) is 20.8. The standard InChI is InChI=1S/C19H37NO4/c1-6-17-16(21)8-7-10-20(5)11-9-13(2)12-14(3)18(22)15(4)19(23)24-17/h13-18,21-22H,6-12H2,1-5H3/t13-,14+,15?,16-,17+,18?/m0/s1. The first kappa shape index (κ1) is 21.4. The molecule has 0 aliphatic carbocycles. The van der Waals surface area contributed by atoms with Gasteiger partial charge >= 0.3 is 5.97 Å². The van der Waals surface area contributed by atoms with Crippen LogP contribution in [0.2, 0.25) is 0 Å². The molecule has 142 valence electrons. The van der Waals surface area contributed by atoms with Crippen LogP contribution < -0.4 is 0 Å². The van der Waals surface area contributed by atoms with E-state index in [9.17, 15) is 15.0 Å². The first-order valence-electron chi connectivity index (χ1n) is 9.51. The maximum Gasteiger partial charge on any atom is 0.311 e. The molecule has 0 aromatic rings. The molecular formula is C19H37NO4. The third-order valence-electron chi connectivity index (χ3n) is 5.38. The first-order valence-corrected chi connectivity index (χ1v) is 9.51. The van der Waals surface area contributed by atoms with E-state index in [2.05, 4.69) is 18.9 Å². The van der Waals surface area contributed by atoms with Gasteiger partial charge in [0.25, 0.3) is 0 Å². The summed E-state index contributed by atoms with van der Waals surface area (Å²) in [7, 11) is 2.11. The van der Waals surface area contributed by atoms with Crippen LogP contribution in [0.15, 0.2) is 0 Å². The number of ether oxygens (including phenoxy) is 1. The van der Waals surface area contributed by atoms with Gasteiger partial charge in [-0.15, -0.1) is 0 Å². The van der Waals surface area contributed by atoms with Crippen LogP contribution in [0.1, 0.15) is 59.8 Å². The van der Waals surface area contributed by atoms with Crippen LogP contribution in [0, 0.1) is 17.8 Å². The molecule has 1 aliphatic heterocycles. The Morgan fingerprint density at radius 1 is 1.17 bits per heavy atom. The predicted octanol–water partition coefficient (Wildman–Crippen LogP) is 2.44. The predicted molar refractivity (Wildman–Crippen MR) is 95.6 cm³/mol. The highest BCUT2D eigenvalue weighted by Crippen LogP contribution is 2.24. The second-order valence-corrected chi connectivity index (χ2v) is 7.78. The van der Waals surface area contributed by atoms with Gasteiger partial charge in [-0.2, -0.15) is 0 Å². The molecule has 0 aromatic heterocycles. The van der Waals surface area contributed by atoms with Crippen molar-refractivity contribution in [2.75, 3.05) is 20.1 Å². The Balaban J connectivity index is 2.84. The van der Waals surface area contributed by atoms with Crippen molar-refractivity contribution in [1.29, 1.82) is 0 Å². The fourth-order valence-corrected chi connectivity index (χ4v) is 3.52. The van der Waals surface area contributed by atoms with E-state index in [4.69, 9.17) is 4.74 Å². The maximum absolute atomic E-state index is 12.4. The average molecular weight is 344 g/mol. The van der Waals surface area contributed by atoms with Crippen molar-refractivity contribution >= 4 is 5.97 Å². The third kappa shape index (κ3) is 6.69. The molecular weight excluding hydrogens is 306 g/mol. The number of esters is 1. The maximum atomic E-state index is 12.4. The van der Waals surface area contributed by atoms with Crippen LogP contribution in [0.5, 0.6) is 0 Å². The number of rotatable bonds is 1. The van der Waals surface area contributed by atoms with Crippen molar-refractivity contribution in [3.8, 4) is 0 Å². The highest BCUT2D eigenvalue weighted by Gasteiger charge is 2.32. The molecule has 1 saturated heterocycles. The van der Waals surface area contributed by atoms with Crippen LogP contribution in [0.4, 0.5) is 0 Å². The van der Waals surface area contributed by atoms with E-state index in [-0.39, 0.29) is 5.92 Å². The van der Waals surface area contributed by atoms with E-state index >= 15 is 0 Å². The molecule has 1 rings (SSSR count). The van der Waals surface area contributed by atoms with Gasteiger partial charge in [0.15, 0.2) is 0 Å². The molecule has 5 heteroatoms. The van der Waals surface area contributed by atoms with Crippen LogP contribution >= 0.6 is 0 Å². The molecule has 2 N–H and O–H groups in total. The summed E-state index contributed by atoms with van der Waals surface area (Å²) in [4.78, 5) is 14.6. The molecule has 24 heavy (non-hydrogen) atoms. The van der Waals surface area contributed by atoms with Crippen molar-refractivity contribution in [1.82, 2.24) is 4.90 Å². The largest absolute Gasteiger partial charge is 0.459 e. The van der Waals surface area contributed by atoms with Gasteiger partial charge < -0.3 is 19.8 Å². The van der Waals surface area contributed by atoms with Crippen molar-refractivity contribution in [3.63, 3.8) is 0 Å². The fourth-order valence-electron chi connectivity index (χ4n) is 3.52. The molecule has 1 fully saturated rings. The summed E-state index contributed by atoms with van der Waals surface area (Å²) in [5.74, 6) is -0.427. The lowest BCUT2D eigenvalue weighted by molar-refractivity contribution is -0.165. The molecule has 0 aromatic carbocycles. The zero-order valence-electron chi connectivity index (χ0n) is 16.1. The number of hydrogen-bond acceptors (Lipinski definition) is 5. The normalized spacial score (nSPS) is 38.9. The summed E-state index contributed by atoms with van der Waals surface area (Å²) < 4.78 is 5.51. The van der Waals surface area contributed by atoms with E-state index in [0.717, 1.165) is 32.4 Å². The highest BCUT2D eigenvalue weighted by atomic mass is 16.6. The number of hydrogen-bond donors (Lipinski definition) is 2. The number of carbonyl (C=O) groups excluding carboxylic acids is 1. The van der Waals surface area contributed by atoms with Gasteiger partial charge in [0, 0.05) is 0 Å². The van der Waals surface area contributed by atoms with E-state index in [0.29, 0.717) is 18.8 Å². The number of aliphatic hydroxyl groups excluding tert-OH is 2. The molecule has 0 saturated carbocycles. The minimum atomic E-state index is -0.711. The Labute approximate surface area is 147 Å². The number of nitrogens with zero attached hydrogens (tertiary/aromatic N) is 1. The second-order valence-electron chi connectivity index (χ2n) is 7.78. The first-order chi connectivity index (χ1) is 11.3. The topological polar surface area (TPSA) is 70.0 Å². The Bertz CT molecular complexity index is 376. The average Bonchev–Trinajstić information content (AvgIpc) is 2.55. The zero-order chi connectivity index (χ0) is 18.3. The lowest BCUT2D eigenvalue weighted by Crippen LogP contribution is -2.38. The molecule has 5 nitrogen and oxygen atoms in total. The number of aliphatic hydroxyl groups is 2. The Hall–Kier alpha value is -0.650. The minimum absolute atomic E-state index is 0.0444. The molecule has 0 radical (unpaired) electrons. The van der Waals surface area contributed by atoms with E-state index in [1.165, 1.54) is 0 Å². The summed E-state index contributed by atoms with van der Waals surface area (Å²) in [5.41, 5.74) is 0. The molecule has 1 aliphatic rings. The van der Waals surface area contributed by atoms with Crippen LogP contribution in [0.25, 0.3) is 0 Å². The van der Waals surface area contributed by atoms with Gasteiger partial charge in [-0.25, -0.2) is 0 Å². The quantitative estimate of drug-likeness (QED) is 0.716. The molecule has 0 spiro atoms. The van der Waals surface area contributed by atoms with E-state index in [1.54, 1.807) is 6.92 Å². The fraction of sp³-hybridized carbons (Fsp3) is 0.947. The number of cyclic esters (lactones) is 1. The van der Waals surface area contributed by atoms with E-state index in [1.807, 2.05) is 13.8 Å². The van der Waals surface area contributed by atoms with Gasteiger partial charge in [0.1, 0.15) is 6.10 Å². The van der Waals surface area contributed by atoms with Gasteiger partial charge in [-0.05, 0) is 71.0 Å². The van der Waals surface area contributed by atoms with Gasteiger partial charge in [0.05, 0.1) is 18.1 Å². The summed E-state index contributed by atoms with van der Waals surface area (Å²) in [6, 6.07) is 0. The van der Waals surface area contributed by atoms with Gasteiger partial charge in [0.2, 0.25) is 0 Å². The molecule has 1 heterocycles. The SMILES string of the molecule is CC[C@H]1OC(=O)C(C)C(O)[C@H](C)C[C@@H](C)CCN(C)CCC[C@@H]1O. The molecule has 2 unspecified atom stereocenters. The van der Waals surface area contributed by atoms with Crippen LogP contribution in [0.3, 0.4) is 0 Å². The van der Waals surface area contributed by atoms with Crippen molar-refractivity contribution < 1.29 is 19.7 Å². The summed E-state index contributed by atoms with van der Waals surface area (Å²) in [6.45, 7) is 9.78. The van der Waals surface area contributed by atoms with Gasteiger partial charge in [-0.1, -0.05) is 20.8 Å². The summed E-state index contributed by atoms with van der Waals surface area (Å²) in [6.07, 6.45) is 2.22.